The molecule has 1 saturated carbocycles. The number of amides is 1. The van der Waals surface area contributed by atoms with E-state index in [1.165, 1.54) is 50.3 Å². The summed E-state index contributed by atoms with van der Waals surface area (Å²) < 4.78 is 27.9. The Morgan fingerprint density at radius 2 is 1.40 bits per heavy atom. The minimum atomic E-state index is -4.08. The molecule has 0 aliphatic heterocycles. The SMILES string of the molecule is O=C(CN(c1cccc(Cl)c1Cl)S(=O)(=O)c1ccccc1)NN=C1CCCCCCCCCCC1. The maximum absolute atomic E-state index is 13.5. The zero-order valence-electron chi connectivity index (χ0n) is 19.9. The number of hydrazone groups is 1. The number of nitrogens with one attached hydrogen (secondary N) is 1. The highest BCUT2D eigenvalue weighted by atomic mass is 35.5. The second-order valence-corrected chi connectivity index (χ2v) is 11.4. The molecule has 1 fully saturated rings. The number of hydrogen-bond donors (Lipinski definition) is 1. The third-order valence-corrected chi connectivity index (χ3v) is 8.67. The molecule has 35 heavy (non-hydrogen) atoms. The second-order valence-electron chi connectivity index (χ2n) is 8.79. The molecule has 9 heteroatoms. The zero-order valence-corrected chi connectivity index (χ0v) is 22.2. The molecule has 3 rings (SSSR count). The highest BCUT2D eigenvalue weighted by Gasteiger charge is 2.29. The first-order valence-electron chi connectivity index (χ1n) is 12.3. The minimum absolute atomic E-state index is 0.0504. The molecule has 2 aromatic rings. The lowest BCUT2D eigenvalue weighted by Gasteiger charge is -2.25. The van der Waals surface area contributed by atoms with Crippen molar-refractivity contribution in [2.75, 3.05) is 10.8 Å². The van der Waals surface area contributed by atoms with E-state index in [-0.39, 0.29) is 20.6 Å². The number of halogens is 2. The molecule has 1 aliphatic rings. The minimum Gasteiger partial charge on any atom is -0.271 e. The van der Waals surface area contributed by atoms with Crippen LogP contribution in [0.2, 0.25) is 10.0 Å². The molecule has 190 valence electrons. The van der Waals surface area contributed by atoms with Gasteiger partial charge in [0.1, 0.15) is 6.54 Å². The van der Waals surface area contributed by atoms with Gasteiger partial charge in [-0.3, -0.25) is 9.10 Å². The third-order valence-electron chi connectivity index (χ3n) is 6.09. The summed E-state index contributed by atoms with van der Waals surface area (Å²) in [5, 5.41) is 4.65. The van der Waals surface area contributed by atoms with Gasteiger partial charge in [-0.05, 0) is 49.9 Å². The lowest BCUT2D eigenvalue weighted by atomic mass is 10.00. The summed E-state index contributed by atoms with van der Waals surface area (Å²) >= 11 is 12.5. The molecule has 0 unspecified atom stereocenters. The van der Waals surface area contributed by atoms with Gasteiger partial charge in [0.05, 0.1) is 20.6 Å². The smallest absolute Gasteiger partial charge is 0.264 e. The zero-order chi connectivity index (χ0) is 25.1. The average Bonchev–Trinajstić information content (AvgIpc) is 2.84. The fourth-order valence-corrected chi connectivity index (χ4v) is 6.05. The molecular weight excluding hydrogens is 505 g/mol. The van der Waals surface area contributed by atoms with E-state index in [1.807, 2.05) is 0 Å². The first-order chi connectivity index (χ1) is 16.9. The number of benzene rings is 2. The number of carbonyl (C=O) groups is 1. The maximum Gasteiger partial charge on any atom is 0.264 e. The summed E-state index contributed by atoms with van der Waals surface area (Å²) in [6.07, 6.45) is 12.4. The van der Waals surface area contributed by atoms with E-state index in [0.717, 1.165) is 48.5 Å². The van der Waals surface area contributed by atoms with Crippen LogP contribution in [0.5, 0.6) is 0 Å². The Bertz CT molecular complexity index is 1090. The van der Waals surface area contributed by atoms with E-state index in [1.54, 1.807) is 30.3 Å². The number of sulfonamides is 1. The van der Waals surface area contributed by atoms with Crippen molar-refractivity contribution in [3.63, 3.8) is 0 Å². The van der Waals surface area contributed by atoms with Crippen LogP contribution in [0.4, 0.5) is 5.69 Å². The van der Waals surface area contributed by atoms with Crippen LogP contribution in [-0.4, -0.2) is 26.6 Å². The molecule has 0 aromatic heterocycles. The van der Waals surface area contributed by atoms with E-state index in [9.17, 15) is 13.2 Å². The average molecular weight is 539 g/mol. The lowest BCUT2D eigenvalue weighted by molar-refractivity contribution is -0.119. The van der Waals surface area contributed by atoms with Crippen molar-refractivity contribution in [3.8, 4) is 0 Å². The van der Waals surface area contributed by atoms with Crippen LogP contribution in [0.3, 0.4) is 0 Å². The van der Waals surface area contributed by atoms with Crippen molar-refractivity contribution in [1.29, 1.82) is 0 Å². The first-order valence-corrected chi connectivity index (χ1v) is 14.5. The van der Waals surface area contributed by atoms with E-state index in [2.05, 4.69) is 10.5 Å². The van der Waals surface area contributed by atoms with E-state index in [0.29, 0.717) is 0 Å². The highest BCUT2D eigenvalue weighted by molar-refractivity contribution is 7.92. The molecule has 1 aliphatic carbocycles. The molecule has 0 saturated heterocycles. The number of hydrogen-bond acceptors (Lipinski definition) is 4. The van der Waals surface area contributed by atoms with Gasteiger partial charge < -0.3 is 0 Å². The lowest BCUT2D eigenvalue weighted by Crippen LogP contribution is -2.40. The number of carbonyl (C=O) groups excluding carboxylic acids is 1. The predicted octanol–water partition coefficient (Wildman–Crippen LogP) is 6.97. The van der Waals surface area contributed by atoms with Crippen molar-refractivity contribution < 1.29 is 13.2 Å². The Hall–Kier alpha value is -2.09. The summed E-state index contributed by atoms with van der Waals surface area (Å²) in [6, 6.07) is 12.6. The van der Waals surface area contributed by atoms with Crippen molar-refractivity contribution in [2.24, 2.45) is 5.10 Å². The van der Waals surface area contributed by atoms with Gasteiger partial charge in [-0.25, -0.2) is 13.8 Å². The molecule has 6 nitrogen and oxygen atoms in total. The van der Waals surface area contributed by atoms with Crippen LogP contribution in [0.25, 0.3) is 0 Å². The monoisotopic (exact) mass is 537 g/mol. The van der Waals surface area contributed by atoms with Gasteiger partial charge in [0.2, 0.25) is 0 Å². The summed E-state index contributed by atoms with van der Waals surface area (Å²) in [7, 11) is -4.08. The summed E-state index contributed by atoms with van der Waals surface area (Å²) in [5.41, 5.74) is 3.68. The number of rotatable bonds is 6. The molecule has 1 amide bonds. The Morgan fingerprint density at radius 3 is 2.00 bits per heavy atom. The van der Waals surface area contributed by atoms with Crippen molar-refractivity contribution in [2.45, 2.75) is 75.5 Å². The largest absolute Gasteiger partial charge is 0.271 e. The first kappa shape index (κ1) is 27.5. The van der Waals surface area contributed by atoms with Crippen molar-refractivity contribution in [3.05, 3.63) is 58.6 Å². The molecule has 0 heterocycles. The highest BCUT2D eigenvalue weighted by Crippen LogP contribution is 2.35. The van der Waals surface area contributed by atoms with Gasteiger partial charge >= 0.3 is 0 Å². The third kappa shape index (κ3) is 8.23. The Morgan fingerprint density at radius 1 is 0.829 bits per heavy atom. The summed E-state index contributed by atoms with van der Waals surface area (Å²) in [6.45, 7) is -0.478. The molecule has 2 aromatic carbocycles. The fourth-order valence-electron chi connectivity index (χ4n) is 4.14. The molecule has 0 atom stereocenters. The molecule has 0 spiro atoms. The Balaban J connectivity index is 1.79. The van der Waals surface area contributed by atoms with Crippen molar-refractivity contribution in [1.82, 2.24) is 5.43 Å². The van der Waals surface area contributed by atoms with Gasteiger partial charge in [-0.15, -0.1) is 0 Å². The number of anilines is 1. The van der Waals surface area contributed by atoms with Crippen LogP contribution < -0.4 is 9.73 Å². The van der Waals surface area contributed by atoms with Crippen LogP contribution in [0, 0.1) is 0 Å². The molecule has 0 bridgehead atoms. The predicted molar refractivity (Wildman–Crippen MR) is 144 cm³/mol. The summed E-state index contributed by atoms with van der Waals surface area (Å²) in [4.78, 5) is 13.0. The molecular formula is C26H33Cl2N3O3S. The van der Waals surface area contributed by atoms with Gasteiger partial charge in [0.25, 0.3) is 15.9 Å². The van der Waals surface area contributed by atoms with Crippen LogP contribution >= 0.6 is 23.2 Å². The normalized spacial score (nSPS) is 16.0. The number of nitrogens with zero attached hydrogens (tertiary/aromatic N) is 2. The topological polar surface area (TPSA) is 78.8 Å². The molecule has 0 radical (unpaired) electrons. The van der Waals surface area contributed by atoms with Crippen LogP contribution in [0.15, 0.2) is 58.5 Å². The van der Waals surface area contributed by atoms with Gasteiger partial charge in [0, 0.05) is 5.71 Å². The van der Waals surface area contributed by atoms with E-state index < -0.39 is 22.5 Å². The van der Waals surface area contributed by atoms with Crippen molar-refractivity contribution >= 4 is 50.5 Å². The van der Waals surface area contributed by atoms with Gasteiger partial charge in [-0.1, -0.05) is 92.4 Å². The second kappa shape index (κ2) is 13.9. The van der Waals surface area contributed by atoms with Crippen LogP contribution in [0.1, 0.15) is 70.6 Å². The van der Waals surface area contributed by atoms with Gasteiger partial charge in [-0.2, -0.15) is 5.10 Å². The van der Waals surface area contributed by atoms with Gasteiger partial charge in [0.15, 0.2) is 0 Å². The maximum atomic E-state index is 13.5. The Labute approximate surface area is 218 Å². The summed E-state index contributed by atoms with van der Waals surface area (Å²) in [5.74, 6) is -0.542. The molecule has 1 N–H and O–H groups in total. The Kier molecular flexibility index (Phi) is 10.9. The van der Waals surface area contributed by atoms with E-state index >= 15 is 0 Å². The fraction of sp³-hybridized carbons (Fsp3) is 0.462. The standard InChI is InChI=1S/C26H33Cl2N3O3S/c27-23-18-13-19-24(26(23)28)31(35(33,34)22-16-11-8-12-17-22)20-25(32)30-29-21-14-9-6-4-2-1-3-5-7-10-15-21/h8,11-13,16-19H,1-7,9-10,14-15,20H2,(H,30,32). The quantitative estimate of drug-likeness (QED) is 0.404. The van der Waals surface area contributed by atoms with E-state index in [4.69, 9.17) is 23.2 Å². The van der Waals surface area contributed by atoms with Crippen LogP contribution in [-0.2, 0) is 14.8 Å².